The molecule has 1 saturated carbocycles. The van der Waals surface area contributed by atoms with Crippen LogP contribution in [0, 0.1) is 11.8 Å². The molecule has 1 aliphatic heterocycles. The van der Waals surface area contributed by atoms with E-state index in [2.05, 4.69) is 16.0 Å². The largest absolute Gasteiger partial charge is 0.480 e. The van der Waals surface area contributed by atoms with Gasteiger partial charge in [0.2, 0.25) is 11.8 Å². The lowest BCUT2D eigenvalue weighted by Gasteiger charge is -2.28. The van der Waals surface area contributed by atoms with Gasteiger partial charge in [-0.2, -0.15) is 0 Å². The van der Waals surface area contributed by atoms with Gasteiger partial charge in [-0.05, 0) is 48.4 Å². The summed E-state index contributed by atoms with van der Waals surface area (Å²) in [5.74, 6) is -2.28. The minimum atomic E-state index is -1.25. The molecule has 41 heavy (non-hydrogen) atoms. The number of rotatable bonds is 12. The highest BCUT2D eigenvalue weighted by Gasteiger charge is 2.34. The summed E-state index contributed by atoms with van der Waals surface area (Å²) in [4.78, 5) is 50.7. The Kier molecular flexibility index (Phi) is 11.0. The lowest BCUT2D eigenvalue weighted by Crippen LogP contribution is -2.53. The van der Waals surface area contributed by atoms with E-state index in [1.165, 1.54) is 0 Å². The van der Waals surface area contributed by atoms with Crippen molar-refractivity contribution >= 4 is 35.5 Å². The first-order valence-corrected chi connectivity index (χ1v) is 14.7. The van der Waals surface area contributed by atoms with E-state index in [1.807, 2.05) is 48.5 Å². The number of hydrogen-bond acceptors (Lipinski definition) is 5. The Hall–Kier alpha value is -3.59. The maximum atomic E-state index is 13.4. The molecule has 2 aliphatic rings. The summed E-state index contributed by atoms with van der Waals surface area (Å²) < 4.78 is 5.88. The van der Waals surface area contributed by atoms with Gasteiger partial charge in [0.1, 0.15) is 18.2 Å². The number of carbonyl (C=O) groups is 4. The van der Waals surface area contributed by atoms with Gasteiger partial charge in [-0.25, -0.2) is 9.59 Å². The highest BCUT2D eigenvalue weighted by atomic mass is 35.5. The minimum absolute atomic E-state index is 0.0107. The van der Waals surface area contributed by atoms with Crippen LogP contribution in [0.1, 0.15) is 68.6 Å². The lowest BCUT2D eigenvalue weighted by molar-refractivity contribution is -0.143. The van der Waals surface area contributed by atoms with Gasteiger partial charge in [0, 0.05) is 23.9 Å². The third-order valence-corrected chi connectivity index (χ3v) is 8.17. The number of halogens is 1. The second kappa shape index (κ2) is 14.9. The Labute approximate surface area is 245 Å². The number of ether oxygens (including phenoxy) is 1. The lowest BCUT2D eigenvalue weighted by atomic mass is 9.84. The van der Waals surface area contributed by atoms with E-state index in [0.29, 0.717) is 30.8 Å². The van der Waals surface area contributed by atoms with Gasteiger partial charge in [-0.15, -0.1) is 0 Å². The van der Waals surface area contributed by atoms with E-state index < -0.39 is 42.1 Å². The molecule has 9 nitrogen and oxygen atoms in total. The van der Waals surface area contributed by atoms with Crippen molar-refractivity contribution in [1.82, 2.24) is 16.0 Å². The molecule has 4 N–H and O–H groups in total. The summed E-state index contributed by atoms with van der Waals surface area (Å²) in [6.07, 6.45) is 4.96. The van der Waals surface area contributed by atoms with Crippen LogP contribution in [0.4, 0.5) is 4.79 Å². The molecule has 0 bridgehead atoms. The zero-order chi connectivity index (χ0) is 29.2. The summed E-state index contributed by atoms with van der Waals surface area (Å²) in [7, 11) is 0. The fourth-order valence-electron chi connectivity index (χ4n) is 5.71. The van der Waals surface area contributed by atoms with E-state index in [0.717, 1.165) is 43.2 Å². The van der Waals surface area contributed by atoms with Crippen molar-refractivity contribution in [2.24, 2.45) is 11.8 Å². The molecule has 1 heterocycles. The first-order valence-electron chi connectivity index (χ1n) is 14.4. The highest BCUT2D eigenvalue weighted by molar-refractivity contribution is 6.30. The van der Waals surface area contributed by atoms with Gasteiger partial charge in [-0.3, -0.25) is 9.59 Å². The van der Waals surface area contributed by atoms with Crippen LogP contribution >= 0.6 is 11.6 Å². The molecule has 3 unspecified atom stereocenters. The Bertz CT molecular complexity index is 1200. The number of amides is 3. The number of carboxylic acid groups (broad SMARTS) is 1. The van der Waals surface area contributed by atoms with E-state index in [1.54, 1.807) is 6.07 Å². The summed E-state index contributed by atoms with van der Waals surface area (Å²) in [5.41, 5.74) is 1.67. The number of carbonyl (C=O) groups excluding carboxylic acids is 3. The Morgan fingerprint density at radius 2 is 1.71 bits per heavy atom. The Morgan fingerprint density at radius 1 is 0.951 bits per heavy atom. The smallest absolute Gasteiger partial charge is 0.408 e. The topological polar surface area (TPSA) is 134 Å². The van der Waals surface area contributed by atoms with E-state index >= 15 is 0 Å². The molecule has 1 saturated heterocycles. The molecule has 0 spiro atoms. The monoisotopic (exact) mass is 583 g/mol. The molecule has 10 heteroatoms. The zero-order valence-electron chi connectivity index (χ0n) is 23.0. The summed E-state index contributed by atoms with van der Waals surface area (Å²) in [5, 5.41) is 18.4. The molecule has 4 rings (SSSR count). The van der Waals surface area contributed by atoms with Crippen molar-refractivity contribution in [2.45, 2.75) is 76.0 Å². The number of benzene rings is 2. The second-order valence-electron chi connectivity index (χ2n) is 11.0. The third kappa shape index (κ3) is 9.21. The summed E-state index contributed by atoms with van der Waals surface area (Å²) >= 11 is 6.17. The average molecular weight is 584 g/mol. The number of carboxylic acids is 1. The van der Waals surface area contributed by atoms with Gasteiger partial charge in [0.05, 0.1) is 0 Å². The molecule has 2 aromatic carbocycles. The van der Waals surface area contributed by atoms with Crippen LogP contribution in [0.3, 0.4) is 0 Å². The summed E-state index contributed by atoms with van der Waals surface area (Å²) in [6, 6.07) is 14.4. The summed E-state index contributed by atoms with van der Waals surface area (Å²) in [6.45, 7) is 0.485. The van der Waals surface area contributed by atoms with Crippen LogP contribution in [0.5, 0.6) is 0 Å². The number of nitrogens with one attached hydrogen (secondary N) is 3. The minimum Gasteiger partial charge on any atom is -0.480 e. The van der Waals surface area contributed by atoms with Gasteiger partial charge in [0.25, 0.3) is 0 Å². The second-order valence-corrected chi connectivity index (χ2v) is 11.4. The predicted molar refractivity (Wildman–Crippen MR) is 154 cm³/mol. The van der Waals surface area contributed by atoms with Crippen LogP contribution in [0.25, 0.3) is 0 Å². The first-order chi connectivity index (χ1) is 19.8. The van der Waals surface area contributed by atoms with Crippen molar-refractivity contribution in [3.63, 3.8) is 0 Å². The van der Waals surface area contributed by atoms with Crippen molar-refractivity contribution in [2.75, 3.05) is 6.54 Å². The van der Waals surface area contributed by atoms with Gasteiger partial charge >= 0.3 is 12.1 Å². The van der Waals surface area contributed by atoms with E-state index in [-0.39, 0.29) is 18.2 Å². The fourth-order valence-corrected chi connectivity index (χ4v) is 5.93. The Morgan fingerprint density at radius 3 is 2.37 bits per heavy atom. The van der Waals surface area contributed by atoms with E-state index in [9.17, 15) is 24.3 Å². The first kappa shape index (κ1) is 30.4. The standard InChI is InChI=1S/C31H38ClN3O6/c32-24-13-7-10-21(16-24)18-27(22-11-5-2-6-12-22)41-31(40)35-25(17-20-8-3-1-4-9-20)29(37)34-26(30(38)39)19-23-14-15-33-28(23)36/h2,5-7,10-13,16,20,23,25-27H,1,3-4,8-9,14-15,17-19H2,(H,33,36)(H,34,37)(H,35,40)(H,38,39)/t23-,25?,26?,27?/m0/s1. The van der Waals surface area contributed by atoms with Crippen molar-refractivity contribution in [3.8, 4) is 0 Å². The predicted octanol–water partition coefficient (Wildman–Crippen LogP) is 4.78. The number of hydrogen-bond donors (Lipinski definition) is 4. The highest BCUT2D eigenvalue weighted by Crippen LogP contribution is 2.28. The van der Waals surface area contributed by atoms with Crippen LogP contribution in [0.2, 0.25) is 5.02 Å². The average Bonchev–Trinajstić information content (AvgIpc) is 3.37. The molecule has 220 valence electrons. The van der Waals surface area contributed by atoms with E-state index in [4.69, 9.17) is 16.3 Å². The van der Waals surface area contributed by atoms with Crippen molar-refractivity contribution in [3.05, 3.63) is 70.7 Å². The normalized spacial score (nSPS) is 19.4. The number of aliphatic carboxylic acids is 1. The molecular formula is C31H38ClN3O6. The molecule has 0 aromatic heterocycles. The molecular weight excluding hydrogens is 546 g/mol. The Balaban J connectivity index is 1.47. The number of alkyl carbamates (subject to hydrolysis) is 1. The van der Waals surface area contributed by atoms with Crippen molar-refractivity contribution < 1.29 is 29.0 Å². The third-order valence-electron chi connectivity index (χ3n) is 7.93. The molecule has 0 radical (unpaired) electrons. The van der Waals surface area contributed by atoms with Crippen LogP contribution in [0.15, 0.2) is 54.6 Å². The SMILES string of the molecule is O=C(NC(CC1CCCCC1)C(=O)NC(C[C@@H]1CCNC1=O)C(=O)O)OC(Cc1cccc(Cl)c1)c1ccccc1. The van der Waals surface area contributed by atoms with Crippen LogP contribution < -0.4 is 16.0 Å². The molecule has 2 aromatic rings. The van der Waals surface area contributed by atoms with Gasteiger partial charge in [-0.1, -0.05) is 86.2 Å². The maximum absolute atomic E-state index is 13.4. The molecule has 4 atom stereocenters. The quantitative estimate of drug-likeness (QED) is 0.284. The maximum Gasteiger partial charge on any atom is 0.408 e. The van der Waals surface area contributed by atoms with Crippen LogP contribution in [-0.4, -0.2) is 47.6 Å². The molecule has 1 aliphatic carbocycles. The van der Waals surface area contributed by atoms with Crippen LogP contribution in [-0.2, 0) is 25.5 Å². The van der Waals surface area contributed by atoms with Gasteiger partial charge in [0.15, 0.2) is 0 Å². The molecule has 2 fully saturated rings. The van der Waals surface area contributed by atoms with Gasteiger partial charge < -0.3 is 25.8 Å². The van der Waals surface area contributed by atoms with Crippen molar-refractivity contribution in [1.29, 1.82) is 0 Å². The zero-order valence-corrected chi connectivity index (χ0v) is 23.8. The molecule has 3 amide bonds. The fraction of sp³-hybridized carbons (Fsp3) is 0.484.